The highest BCUT2D eigenvalue weighted by Gasteiger charge is 2.12. The topological polar surface area (TPSA) is 33.7 Å². The van der Waals surface area contributed by atoms with Crippen LogP contribution in [0.15, 0.2) is 83.8 Å². The van der Waals surface area contributed by atoms with Gasteiger partial charge in [0.2, 0.25) is 0 Å². The van der Waals surface area contributed by atoms with Gasteiger partial charge in [0.15, 0.2) is 11.5 Å². The van der Waals surface area contributed by atoms with Gasteiger partial charge in [-0.1, -0.05) is 66.7 Å². The maximum Gasteiger partial charge on any atom is 0.161 e. The average molecular weight is 419 g/mol. The highest BCUT2D eigenvalue weighted by molar-refractivity contribution is 7.84. The summed E-state index contributed by atoms with van der Waals surface area (Å²) in [5, 5.41) is 2.19. The van der Waals surface area contributed by atoms with E-state index < -0.39 is 0 Å². The van der Waals surface area contributed by atoms with Gasteiger partial charge in [-0.3, -0.25) is 5.43 Å². The summed E-state index contributed by atoms with van der Waals surface area (Å²) in [5.41, 5.74) is 7.09. The molecule has 0 aliphatic carbocycles. The highest BCUT2D eigenvalue weighted by atomic mass is 32.1. The number of nitrogens with zero attached hydrogens (tertiary/aromatic N) is 1. The Labute approximate surface area is 183 Å². The van der Waals surface area contributed by atoms with Crippen molar-refractivity contribution < 1.29 is 9.47 Å². The molecule has 0 atom stereocenters. The van der Waals surface area contributed by atoms with Gasteiger partial charge in [-0.15, -0.1) is 12.6 Å². The predicted octanol–water partition coefficient (Wildman–Crippen LogP) is 4.94. The molecule has 3 aromatic carbocycles. The first kappa shape index (κ1) is 20.5. The third kappa shape index (κ3) is 5.89. The van der Waals surface area contributed by atoms with Gasteiger partial charge in [-0.25, -0.2) is 5.01 Å². The Bertz CT molecular complexity index is 977. The molecule has 1 heterocycles. The van der Waals surface area contributed by atoms with E-state index in [1.165, 1.54) is 11.1 Å². The van der Waals surface area contributed by atoms with Gasteiger partial charge in [0.1, 0.15) is 13.2 Å². The molecule has 0 fully saturated rings. The van der Waals surface area contributed by atoms with E-state index in [2.05, 4.69) is 65.0 Å². The minimum absolute atomic E-state index is 0.585. The Morgan fingerprint density at radius 1 is 0.867 bits per heavy atom. The summed E-state index contributed by atoms with van der Waals surface area (Å²) in [6.07, 6.45) is 2.07. The molecule has 0 bridgehead atoms. The van der Waals surface area contributed by atoms with E-state index in [0.29, 0.717) is 19.8 Å². The van der Waals surface area contributed by atoms with Gasteiger partial charge in [-0.05, 0) is 39.8 Å². The van der Waals surface area contributed by atoms with Crippen LogP contribution in [-0.2, 0) is 13.1 Å². The first-order valence-corrected chi connectivity index (χ1v) is 10.6. The molecule has 3 aromatic rings. The summed E-state index contributed by atoms with van der Waals surface area (Å²) >= 11 is 4.76. The maximum absolute atomic E-state index is 5.69. The lowest BCUT2D eigenvalue weighted by Gasteiger charge is -2.24. The van der Waals surface area contributed by atoms with Crippen molar-refractivity contribution in [1.29, 1.82) is 0 Å². The van der Waals surface area contributed by atoms with Crippen LogP contribution in [0, 0.1) is 0 Å². The second-order valence-electron chi connectivity index (χ2n) is 7.20. The third-order valence-electron chi connectivity index (χ3n) is 4.82. The van der Waals surface area contributed by atoms with Crippen molar-refractivity contribution in [2.75, 3.05) is 19.8 Å². The standard InChI is InChI=1S/C25H26N2O2S/c30-23(15-22-11-12-24-25(16-22)29-14-13-28-24)19-27(18-21-9-5-2-6-10-21)26-17-20-7-3-1-4-8-20/h1-12,15-16,26,30H,13-14,17-19H2/b23-15-. The SMILES string of the molecule is S/C(=C\c1ccc2c(c1)OCCO2)CN(Cc1ccccc1)NCc1ccccc1. The fourth-order valence-corrected chi connectivity index (χ4v) is 3.67. The minimum atomic E-state index is 0.585. The van der Waals surface area contributed by atoms with E-state index in [1.807, 2.05) is 30.3 Å². The fourth-order valence-electron chi connectivity index (χ4n) is 3.35. The van der Waals surface area contributed by atoms with Gasteiger partial charge in [0.25, 0.3) is 0 Å². The van der Waals surface area contributed by atoms with Gasteiger partial charge in [0, 0.05) is 19.6 Å². The minimum Gasteiger partial charge on any atom is -0.486 e. The molecular weight excluding hydrogens is 392 g/mol. The number of nitrogens with one attached hydrogen (secondary N) is 1. The van der Waals surface area contributed by atoms with Crippen molar-refractivity contribution in [3.8, 4) is 11.5 Å². The van der Waals surface area contributed by atoms with E-state index in [1.54, 1.807) is 0 Å². The van der Waals surface area contributed by atoms with Crippen molar-refractivity contribution in [3.05, 3.63) is 100 Å². The summed E-state index contributed by atoms with van der Waals surface area (Å²) < 4.78 is 11.3. The second-order valence-corrected chi connectivity index (χ2v) is 7.78. The Kier molecular flexibility index (Phi) is 7.08. The van der Waals surface area contributed by atoms with Crippen molar-refractivity contribution in [2.45, 2.75) is 13.1 Å². The number of benzene rings is 3. The molecule has 4 rings (SSSR count). The molecule has 0 aromatic heterocycles. The van der Waals surface area contributed by atoms with Crippen LogP contribution in [-0.4, -0.2) is 24.8 Å². The van der Waals surface area contributed by atoms with E-state index in [0.717, 1.165) is 35.1 Å². The monoisotopic (exact) mass is 418 g/mol. The summed E-state index contributed by atoms with van der Waals surface area (Å²) in [6.45, 7) is 3.41. The van der Waals surface area contributed by atoms with Gasteiger partial charge >= 0.3 is 0 Å². The van der Waals surface area contributed by atoms with E-state index in [-0.39, 0.29) is 0 Å². The number of ether oxygens (including phenoxy) is 2. The first-order valence-electron chi connectivity index (χ1n) is 10.1. The van der Waals surface area contributed by atoms with Crippen LogP contribution in [0.3, 0.4) is 0 Å². The average Bonchev–Trinajstić information content (AvgIpc) is 2.79. The molecule has 0 unspecified atom stereocenters. The largest absolute Gasteiger partial charge is 0.486 e. The molecule has 0 saturated carbocycles. The predicted molar refractivity (Wildman–Crippen MR) is 125 cm³/mol. The molecule has 0 amide bonds. The highest BCUT2D eigenvalue weighted by Crippen LogP contribution is 2.31. The normalized spacial score (nSPS) is 13.5. The molecule has 30 heavy (non-hydrogen) atoms. The Balaban J connectivity index is 1.46. The van der Waals surface area contributed by atoms with Crippen LogP contribution in [0.5, 0.6) is 11.5 Å². The summed E-state index contributed by atoms with van der Waals surface area (Å²) in [4.78, 5) is 0.961. The van der Waals surface area contributed by atoms with Crippen molar-refractivity contribution >= 4 is 18.7 Å². The van der Waals surface area contributed by atoms with Crippen LogP contribution in [0.2, 0.25) is 0 Å². The maximum atomic E-state index is 5.69. The molecule has 4 nitrogen and oxygen atoms in total. The fraction of sp³-hybridized carbons (Fsp3) is 0.200. The van der Waals surface area contributed by atoms with Crippen LogP contribution >= 0.6 is 12.6 Å². The van der Waals surface area contributed by atoms with Gasteiger partial charge < -0.3 is 9.47 Å². The molecule has 1 aliphatic rings. The van der Waals surface area contributed by atoms with Gasteiger partial charge in [0.05, 0.1) is 0 Å². The molecule has 1 aliphatic heterocycles. The zero-order valence-electron chi connectivity index (χ0n) is 16.8. The van der Waals surface area contributed by atoms with Crippen molar-refractivity contribution in [3.63, 3.8) is 0 Å². The second kappa shape index (κ2) is 10.3. The van der Waals surface area contributed by atoms with Crippen molar-refractivity contribution in [1.82, 2.24) is 10.4 Å². The number of rotatable bonds is 8. The first-order chi connectivity index (χ1) is 14.8. The quantitative estimate of drug-likeness (QED) is 0.401. The number of hydrazine groups is 1. The third-order valence-corrected chi connectivity index (χ3v) is 5.09. The van der Waals surface area contributed by atoms with Crippen LogP contribution in [0.4, 0.5) is 0 Å². The Morgan fingerprint density at radius 3 is 2.27 bits per heavy atom. The number of thiol groups is 1. The van der Waals surface area contributed by atoms with E-state index in [9.17, 15) is 0 Å². The summed E-state index contributed by atoms with van der Waals surface area (Å²) in [6, 6.07) is 26.8. The molecule has 0 spiro atoms. The number of hydrogen-bond acceptors (Lipinski definition) is 5. The lowest BCUT2D eigenvalue weighted by molar-refractivity contribution is 0.171. The van der Waals surface area contributed by atoms with E-state index in [4.69, 9.17) is 22.1 Å². The molecule has 0 radical (unpaired) electrons. The number of fused-ring (bicyclic) bond motifs is 1. The molecule has 1 N–H and O–H groups in total. The molecule has 5 heteroatoms. The summed E-state index contributed by atoms with van der Waals surface area (Å²) in [5.74, 6) is 1.59. The van der Waals surface area contributed by atoms with Crippen LogP contribution < -0.4 is 14.9 Å². The lowest BCUT2D eigenvalue weighted by Crippen LogP contribution is -2.37. The van der Waals surface area contributed by atoms with E-state index >= 15 is 0 Å². The Morgan fingerprint density at radius 2 is 1.53 bits per heavy atom. The molecular formula is C25H26N2O2S. The van der Waals surface area contributed by atoms with Crippen molar-refractivity contribution in [2.24, 2.45) is 0 Å². The molecule has 154 valence electrons. The van der Waals surface area contributed by atoms with Gasteiger partial charge in [-0.2, -0.15) is 0 Å². The zero-order valence-corrected chi connectivity index (χ0v) is 17.7. The zero-order chi connectivity index (χ0) is 20.6. The van der Waals surface area contributed by atoms with Crippen LogP contribution in [0.1, 0.15) is 16.7 Å². The van der Waals surface area contributed by atoms with Crippen LogP contribution in [0.25, 0.3) is 6.08 Å². The Hall–Kier alpha value is -2.73. The lowest BCUT2D eigenvalue weighted by atomic mass is 10.1. The smallest absolute Gasteiger partial charge is 0.161 e. The summed E-state index contributed by atoms with van der Waals surface area (Å²) in [7, 11) is 0. The molecule has 0 saturated heterocycles. The number of hydrogen-bond donors (Lipinski definition) is 2.